The fourth-order valence-corrected chi connectivity index (χ4v) is 2.34. The van der Waals surface area contributed by atoms with E-state index < -0.39 is 38.6 Å². The average Bonchev–Trinajstić information content (AvgIpc) is 3.08. The highest BCUT2D eigenvalue weighted by Gasteiger charge is 2.37. The molecule has 2 aromatic rings. The standard InChI is InChI=1S/C15H9F3N4O6/c16-15(17,18)9-4-10(21(23)24)14(11(5-9)22(25)26)20-19-6-8-1-2-12-13(3-8)28-7-27-12/h1-6,20H,7H2/b19-6-. The van der Waals surface area contributed by atoms with Crippen LogP contribution in [0.4, 0.5) is 30.2 Å². The molecule has 0 fully saturated rings. The van der Waals surface area contributed by atoms with Crippen LogP contribution in [-0.4, -0.2) is 22.9 Å². The highest BCUT2D eigenvalue weighted by atomic mass is 19.4. The van der Waals surface area contributed by atoms with Crippen LogP contribution in [0.2, 0.25) is 0 Å². The maximum absolute atomic E-state index is 12.9. The molecular weight excluding hydrogens is 389 g/mol. The Hall–Kier alpha value is -3.90. The van der Waals surface area contributed by atoms with Crippen LogP contribution in [0, 0.1) is 20.2 Å². The van der Waals surface area contributed by atoms with Gasteiger partial charge in [-0.2, -0.15) is 18.3 Å². The number of hydrogen-bond acceptors (Lipinski definition) is 8. The zero-order valence-electron chi connectivity index (χ0n) is 13.6. The zero-order chi connectivity index (χ0) is 20.5. The van der Waals surface area contributed by atoms with Gasteiger partial charge in [-0.1, -0.05) is 0 Å². The molecule has 0 saturated carbocycles. The highest BCUT2D eigenvalue weighted by molar-refractivity contribution is 5.83. The van der Waals surface area contributed by atoms with Gasteiger partial charge in [0.25, 0.3) is 0 Å². The van der Waals surface area contributed by atoms with Crippen LogP contribution in [0.25, 0.3) is 0 Å². The predicted octanol–water partition coefficient (Wildman–Crippen LogP) is 3.70. The second-order valence-electron chi connectivity index (χ2n) is 5.38. The van der Waals surface area contributed by atoms with Crippen LogP contribution < -0.4 is 14.9 Å². The molecule has 1 aliphatic rings. The van der Waals surface area contributed by atoms with E-state index in [1.165, 1.54) is 6.07 Å². The molecule has 28 heavy (non-hydrogen) atoms. The largest absolute Gasteiger partial charge is 0.454 e. The van der Waals surface area contributed by atoms with Crippen molar-refractivity contribution in [2.75, 3.05) is 12.2 Å². The lowest BCUT2D eigenvalue weighted by Gasteiger charge is -2.09. The summed E-state index contributed by atoms with van der Waals surface area (Å²) >= 11 is 0. The number of halogens is 3. The molecule has 1 N–H and O–H groups in total. The molecule has 13 heteroatoms. The van der Waals surface area contributed by atoms with E-state index in [4.69, 9.17) is 9.47 Å². The molecule has 0 aromatic heterocycles. The number of hydrazone groups is 1. The van der Waals surface area contributed by atoms with Crippen LogP contribution in [0.5, 0.6) is 11.5 Å². The number of fused-ring (bicyclic) bond motifs is 1. The Kier molecular flexibility index (Phi) is 4.73. The second kappa shape index (κ2) is 7.02. The molecule has 0 bridgehead atoms. The molecule has 3 rings (SSSR count). The molecule has 10 nitrogen and oxygen atoms in total. The van der Waals surface area contributed by atoms with E-state index in [-0.39, 0.29) is 18.9 Å². The van der Waals surface area contributed by atoms with Gasteiger partial charge in [-0.25, -0.2) is 0 Å². The quantitative estimate of drug-likeness (QED) is 0.462. The Morgan fingerprint density at radius 1 is 1.04 bits per heavy atom. The molecule has 0 unspecified atom stereocenters. The maximum atomic E-state index is 12.9. The Labute approximate surface area is 153 Å². The molecule has 2 aromatic carbocycles. The number of nitrogens with zero attached hydrogens (tertiary/aromatic N) is 3. The Morgan fingerprint density at radius 2 is 1.64 bits per heavy atom. The number of nitro benzene ring substituents is 2. The van der Waals surface area contributed by atoms with Crippen molar-refractivity contribution in [1.29, 1.82) is 0 Å². The molecule has 0 amide bonds. The summed E-state index contributed by atoms with van der Waals surface area (Å²) < 4.78 is 48.9. The summed E-state index contributed by atoms with van der Waals surface area (Å²) in [5.74, 6) is 0.926. The highest BCUT2D eigenvalue weighted by Crippen LogP contribution is 2.41. The van der Waals surface area contributed by atoms with Crippen LogP contribution in [0.15, 0.2) is 35.4 Å². The second-order valence-corrected chi connectivity index (χ2v) is 5.38. The van der Waals surface area contributed by atoms with Crippen molar-refractivity contribution in [2.45, 2.75) is 6.18 Å². The van der Waals surface area contributed by atoms with Gasteiger partial charge in [0, 0.05) is 12.1 Å². The number of rotatable bonds is 5. The van der Waals surface area contributed by atoms with E-state index in [0.29, 0.717) is 17.1 Å². The van der Waals surface area contributed by atoms with Gasteiger partial charge in [-0.15, -0.1) is 0 Å². The molecular formula is C15H9F3N4O6. The summed E-state index contributed by atoms with van der Waals surface area (Å²) in [5.41, 5.74) is -2.03. The Bertz CT molecular complexity index is 957. The van der Waals surface area contributed by atoms with E-state index in [9.17, 15) is 33.4 Å². The molecule has 0 radical (unpaired) electrons. The van der Waals surface area contributed by atoms with Gasteiger partial charge in [-0.05, 0) is 23.8 Å². The minimum atomic E-state index is -5.00. The number of ether oxygens (including phenoxy) is 2. The number of alkyl halides is 3. The normalized spacial score (nSPS) is 13.0. The van der Waals surface area contributed by atoms with Gasteiger partial charge in [-0.3, -0.25) is 25.7 Å². The fourth-order valence-electron chi connectivity index (χ4n) is 2.34. The minimum absolute atomic E-state index is 0.0398. The van der Waals surface area contributed by atoms with Crippen LogP contribution in [-0.2, 0) is 6.18 Å². The summed E-state index contributed by atoms with van der Waals surface area (Å²) in [7, 11) is 0. The topological polar surface area (TPSA) is 129 Å². The molecule has 1 heterocycles. The van der Waals surface area contributed by atoms with Crippen molar-refractivity contribution in [1.82, 2.24) is 0 Å². The van der Waals surface area contributed by atoms with Crippen molar-refractivity contribution in [3.63, 3.8) is 0 Å². The predicted molar refractivity (Wildman–Crippen MR) is 88.5 cm³/mol. The molecule has 0 aliphatic carbocycles. The summed E-state index contributed by atoms with van der Waals surface area (Å²) in [6, 6.07) is 5.07. The van der Waals surface area contributed by atoms with Crippen LogP contribution in [0.1, 0.15) is 11.1 Å². The van der Waals surface area contributed by atoms with Gasteiger partial charge >= 0.3 is 17.6 Å². The van der Waals surface area contributed by atoms with E-state index in [1.54, 1.807) is 12.1 Å². The molecule has 1 aliphatic heterocycles. The van der Waals surface area contributed by atoms with Gasteiger partial charge < -0.3 is 9.47 Å². The fraction of sp³-hybridized carbons (Fsp3) is 0.133. The molecule has 0 atom stereocenters. The van der Waals surface area contributed by atoms with Gasteiger partial charge in [0.2, 0.25) is 12.5 Å². The molecule has 0 saturated heterocycles. The van der Waals surface area contributed by atoms with Gasteiger partial charge in [0.15, 0.2) is 11.5 Å². The third kappa shape index (κ3) is 3.77. The average molecular weight is 398 g/mol. The summed E-state index contributed by atoms with van der Waals surface area (Å²) in [5, 5.41) is 25.9. The summed E-state index contributed by atoms with van der Waals surface area (Å²) in [6.45, 7) is 0.0398. The van der Waals surface area contributed by atoms with Gasteiger partial charge in [0.1, 0.15) is 0 Å². The molecule has 146 valence electrons. The third-order valence-electron chi connectivity index (χ3n) is 3.60. The lowest BCUT2D eigenvalue weighted by molar-refractivity contribution is -0.392. The van der Waals surface area contributed by atoms with Gasteiger partial charge in [0.05, 0.1) is 21.6 Å². The first-order valence-electron chi connectivity index (χ1n) is 7.39. The first-order valence-corrected chi connectivity index (χ1v) is 7.39. The van der Waals surface area contributed by atoms with Crippen LogP contribution >= 0.6 is 0 Å². The van der Waals surface area contributed by atoms with E-state index in [0.717, 1.165) is 6.21 Å². The lowest BCUT2D eigenvalue weighted by Crippen LogP contribution is -2.09. The monoisotopic (exact) mass is 398 g/mol. The van der Waals surface area contributed by atoms with Crippen molar-refractivity contribution in [3.05, 3.63) is 61.7 Å². The number of benzene rings is 2. The lowest BCUT2D eigenvalue weighted by atomic mass is 10.1. The van der Waals surface area contributed by atoms with Crippen molar-refractivity contribution >= 4 is 23.3 Å². The Morgan fingerprint density at radius 3 is 2.21 bits per heavy atom. The molecule has 0 spiro atoms. The summed E-state index contributed by atoms with van der Waals surface area (Å²) in [6.07, 6.45) is -3.84. The maximum Gasteiger partial charge on any atom is 0.416 e. The Balaban J connectivity index is 1.96. The number of hydrogen-bond donors (Lipinski definition) is 1. The first kappa shape index (κ1) is 18.9. The van der Waals surface area contributed by atoms with E-state index >= 15 is 0 Å². The van der Waals surface area contributed by atoms with E-state index in [1.807, 2.05) is 0 Å². The first-order chi connectivity index (χ1) is 13.2. The van der Waals surface area contributed by atoms with Crippen molar-refractivity contribution in [3.8, 4) is 11.5 Å². The third-order valence-corrected chi connectivity index (χ3v) is 3.60. The number of nitrogens with one attached hydrogen (secondary N) is 1. The van der Waals surface area contributed by atoms with Crippen molar-refractivity contribution < 1.29 is 32.5 Å². The van der Waals surface area contributed by atoms with Crippen LogP contribution in [0.3, 0.4) is 0 Å². The minimum Gasteiger partial charge on any atom is -0.454 e. The summed E-state index contributed by atoms with van der Waals surface area (Å²) in [4.78, 5) is 19.9. The SMILES string of the molecule is O=[N+]([O-])c1cc(C(F)(F)F)cc([N+](=O)[O-])c1N/N=C\c1ccc2c(c1)OCO2. The zero-order valence-corrected chi connectivity index (χ0v) is 13.6. The number of nitro groups is 2. The van der Waals surface area contributed by atoms with Crippen molar-refractivity contribution in [2.24, 2.45) is 5.10 Å². The smallest absolute Gasteiger partial charge is 0.416 e. The van der Waals surface area contributed by atoms with E-state index in [2.05, 4.69) is 10.5 Å². The number of anilines is 1.